The maximum Gasteiger partial charge on any atom is 0.224 e. The molecule has 0 bridgehead atoms. The molecule has 7 heteroatoms. The van der Waals surface area contributed by atoms with Crippen LogP contribution in [-0.4, -0.2) is 74.7 Å². The molecule has 1 unspecified atom stereocenters. The molecule has 0 saturated carbocycles. The largest absolute Gasteiger partial charge is 0.383 e. The number of hydrogen-bond acceptors (Lipinski definition) is 4. The lowest BCUT2D eigenvalue weighted by molar-refractivity contribution is -0.132. The van der Waals surface area contributed by atoms with E-state index in [0.29, 0.717) is 25.6 Å². The third-order valence-corrected chi connectivity index (χ3v) is 4.08. The van der Waals surface area contributed by atoms with Crippen molar-refractivity contribution >= 4 is 30.7 Å². The Morgan fingerprint density at radius 1 is 1.18 bits per heavy atom. The van der Waals surface area contributed by atoms with Crippen molar-refractivity contribution in [2.75, 3.05) is 53.0 Å². The molecule has 1 rings (SSSR count). The van der Waals surface area contributed by atoms with E-state index in [1.165, 1.54) is 6.42 Å². The summed E-state index contributed by atoms with van der Waals surface area (Å²) in [6.07, 6.45) is 2.94. The molecule has 1 fully saturated rings. The minimum absolute atomic E-state index is 0. The molecule has 1 amide bonds. The highest BCUT2D eigenvalue weighted by Gasteiger charge is 2.21. The maximum atomic E-state index is 12.4. The Morgan fingerprint density at radius 3 is 2.36 bits per heavy atom. The van der Waals surface area contributed by atoms with Crippen LogP contribution in [0.2, 0.25) is 0 Å². The lowest BCUT2D eigenvalue weighted by atomic mass is 10.1. The zero-order chi connectivity index (χ0) is 14.8. The average Bonchev–Trinajstić information content (AvgIpc) is 2.95. The number of hydrogen-bond donors (Lipinski definition) is 1. The van der Waals surface area contributed by atoms with Crippen LogP contribution in [0.4, 0.5) is 0 Å². The van der Waals surface area contributed by atoms with Crippen LogP contribution in [0.1, 0.15) is 33.1 Å². The number of ether oxygens (including phenoxy) is 1. The molecule has 1 aliphatic heterocycles. The average molecular weight is 358 g/mol. The van der Waals surface area contributed by atoms with E-state index in [9.17, 15) is 4.79 Å². The van der Waals surface area contributed by atoms with Gasteiger partial charge in [0.1, 0.15) is 0 Å². The van der Waals surface area contributed by atoms with Crippen LogP contribution in [0.3, 0.4) is 0 Å². The molecule has 1 aliphatic rings. The van der Waals surface area contributed by atoms with E-state index in [1.807, 2.05) is 4.90 Å². The summed E-state index contributed by atoms with van der Waals surface area (Å²) in [5.41, 5.74) is 0. The zero-order valence-electron chi connectivity index (χ0n) is 14.2. The number of carbonyl (C=O) groups excluding carboxylic acids is 1. The topological polar surface area (TPSA) is 44.8 Å². The van der Waals surface area contributed by atoms with Crippen LogP contribution in [0, 0.1) is 0 Å². The van der Waals surface area contributed by atoms with E-state index in [2.05, 4.69) is 24.1 Å². The second-order valence-corrected chi connectivity index (χ2v) is 5.40. The van der Waals surface area contributed by atoms with Gasteiger partial charge >= 0.3 is 0 Å². The van der Waals surface area contributed by atoms with Crippen molar-refractivity contribution in [1.29, 1.82) is 0 Å². The van der Waals surface area contributed by atoms with Crippen LogP contribution in [0.5, 0.6) is 0 Å². The van der Waals surface area contributed by atoms with Gasteiger partial charge in [-0.2, -0.15) is 0 Å². The standard InChI is InChI=1S/C15H31N3O2.2ClH/c1-4-17(5-2)9-10-18(11-12-20-3)15(19)13-14-7-6-8-16-14;;/h14,16H,4-13H2,1-3H3;2*1H. The Hall–Kier alpha value is -0.0700. The van der Waals surface area contributed by atoms with Gasteiger partial charge in [-0.05, 0) is 32.5 Å². The minimum atomic E-state index is 0. The van der Waals surface area contributed by atoms with E-state index in [4.69, 9.17) is 4.74 Å². The van der Waals surface area contributed by atoms with E-state index in [-0.39, 0.29) is 30.7 Å². The number of likely N-dealkylation sites (N-methyl/N-ethyl adjacent to an activating group) is 1. The molecule has 134 valence electrons. The summed E-state index contributed by atoms with van der Waals surface area (Å²) in [6, 6.07) is 0.376. The second-order valence-electron chi connectivity index (χ2n) is 5.40. The first-order valence-corrected chi connectivity index (χ1v) is 7.93. The van der Waals surface area contributed by atoms with Gasteiger partial charge in [-0.25, -0.2) is 0 Å². The highest BCUT2D eigenvalue weighted by molar-refractivity contribution is 5.85. The molecule has 0 aromatic rings. The van der Waals surface area contributed by atoms with E-state index < -0.39 is 0 Å². The third-order valence-electron chi connectivity index (χ3n) is 4.08. The summed E-state index contributed by atoms with van der Waals surface area (Å²) >= 11 is 0. The smallest absolute Gasteiger partial charge is 0.224 e. The second kappa shape index (κ2) is 14.5. The van der Waals surface area contributed by atoms with Crippen LogP contribution in [0.15, 0.2) is 0 Å². The number of nitrogens with zero attached hydrogens (tertiary/aromatic N) is 2. The summed E-state index contributed by atoms with van der Waals surface area (Å²) in [5, 5.41) is 3.40. The van der Waals surface area contributed by atoms with Crippen LogP contribution < -0.4 is 5.32 Å². The lowest BCUT2D eigenvalue weighted by Gasteiger charge is -2.27. The van der Waals surface area contributed by atoms with Crippen LogP contribution in [-0.2, 0) is 9.53 Å². The van der Waals surface area contributed by atoms with Crippen LogP contribution >= 0.6 is 24.8 Å². The Kier molecular flexibility index (Phi) is 16.0. The Morgan fingerprint density at radius 2 is 1.86 bits per heavy atom. The molecule has 0 radical (unpaired) electrons. The van der Waals surface area contributed by atoms with Crippen molar-refractivity contribution < 1.29 is 9.53 Å². The quantitative estimate of drug-likeness (QED) is 0.647. The number of nitrogens with one attached hydrogen (secondary N) is 1. The van der Waals surface area contributed by atoms with Gasteiger partial charge in [0.25, 0.3) is 0 Å². The van der Waals surface area contributed by atoms with Crippen molar-refractivity contribution in [1.82, 2.24) is 15.1 Å². The molecule has 1 N–H and O–H groups in total. The van der Waals surface area contributed by atoms with E-state index in [1.54, 1.807) is 7.11 Å². The molecule has 0 spiro atoms. The zero-order valence-corrected chi connectivity index (χ0v) is 15.8. The van der Waals surface area contributed by atoms with E-state index in [0.717, 1.165) is 39.1 Å². The number of carbonyl (C=O) groups is 1. The van der Waals surface area contributed by atoms with Crippen molar-refractivity contribution in [2.24, 2.45) is 0 Å². The number of halogens is 2. The van der Waals surface area contributed by atoms with Gasteiger partial charge in [0, 0.05) is 39.2 Å². The monoisotopic (exact) mass is 357 g/mol. The van der Waals surface area contributed by atoms with Crippen molar-refractivity contribution in [3.8, 4) is 0 Å². The Labute approximate surface area is 147 Å². The lowest BCUT2D eigenvalue weighted by Crippen LogP contribution is -2.42. The van der Waals surface area contributed by atoms with Gasteiger partial charge in [-0.1, -0.05) is 13.8 Å². The summed E-state index contributed by atoms with van der Waals surface area (Å²) < 4.78 is 5.13. The molecular weight excluding hydrogens is 325 g/mol. The van der Waals surface area contributed by atoms with Gasteiger partial charge in [-0.3, -0.25) is 4.79 Å². The summed E-state index contributed by atoms with van der Waals surface area (Å²) in [7, 11) is 1.69. The molecule has 0 aromatic heterocycles. The fraction of sp³-hybridized carbons (Fsp3) is 0.933. The number of methoxy groups -OCH3 is 1. The highest BCUT2D eigenvalue weighted by Crippen LogP contribution is 2.10. The summed E-state index contributed by atoms with van der Waals surface area (Å²) in [6.45, 7) is 10.5. The normalized spacial score (nSPS) is 17.0. The molecular formula is C15H33Cl2N3O2. The van der Waals surface area contributed by atoms with Gasteiger partial charge in [0.15, 0.2) is 0 Å². The molecule has 1 saturated heterocycles. The third kappa shape index (κ3) is 9.16. The molecule has 5 nitrogen and oxygen atoms in total. The van der Waals surface area contributed by atoms with Gasteiger partial charge in [0.2, 0.25) is 5.91 Å². The van der Waals surface area contributed by atoms with Gasteiger partial charge in [0.05, 0.1) is 6.61 Å². The highest BCUT2D eigenvalue weighted by atomic mass is 35.5. The first kappa shape index (κ1) is 24.2. The van der Waals surface area contributed by atoms with Crippen LogP contribution in [0.25, 0.3) is 0 Å². The summed E-state index contributed by atoms with van der Waals surface area (Å²) in [5.74, 6) is 0.258. The molecule has 22 heavy (non-hydrogen) atoms. The fourth-order valence-electron chi connectivity index (χ4n) is 2.64. The Bertz CT molecular complexity index is 274. The number of rotatable bonds is 10. The first-order valence-electron chi connectivity index (χ1n) is 7.93. The predicted octanol–water partition coefficient (Wildman–Crippen LogP) is 1.79. The predicted molar refractivity (Wildman–Crippen MR) is 96.4 cm³/mol. The maximum absolute atomic E-state index is 12.4. The van der Waals surface area contributed by atoms with Gasteiger partial charge < -0.3 is 19.9 Å². The van der Waals surface area contributed by atoms with Crippen molar-refractivity contribution in [3.05, 3.63) is 0 Å². The van der Waals surface area contributed by atoms with Crippen molar-refractivity contribution in [3.63, 3.8) is 0 Å². The SMILES string of the molecule is CCN(CC)CCN(CCOC)C(=O)CC1CCCN1.Cl.Cl. The molecule has 1 atom stereocenters. The number of amides is 1. The van der Waals surface area contributed by atoms with Crippen molar-refractivity contribution in [2.45, 2.75) is 39.2 Å². The molecule has 0 aliphatic carbocycles. The summed E-state index contributed by atoms with van der Waals surface area (Å²) in [4.78, 5) is 16.7. The fourth-order valence-corrected chi connectivity index (χ4v) is 2.64. The van der Waals surface area contributed by atoms with E-state index >= 15 is 0 Å². The van der Waals surface area contributed by atoms with Gasteiger partial charge in [-0.15, -0.1) is 24.8 Å². The Balaban J connectivity index is 0. The molecule has 1 heterocycles. The molecule has 0 aromatic carbocycles. The minimum Gasteiger partial charge on any atom is -0.383 e. The first-order chi connectivity index (χ1) is 9.71.